The van der Waals surface area contributed by atoms with Crippen LogP contribution in [0.25, 0.3) is 0 Å². The maximum Gasteiger partial charge on any atom is 0.246 e. The molecule has 34 heavy (non-hydrogen) atoms. The molecule has 4 rings (SSSR count). The van der Waals surface area contributed by atoms with Crippen molar-refractivity contribution in [3.05, 3.63) is 35.9 Å². The number of hydrogen-bond acceptors (Lipinski definition) is 5. The fourth-order valence-electron chi connectivity index (χ4n) is 6.49. The van der Waals surface area contributed by atoms with E-state index in [1.54, 1.807) is 0 Å². The molecule has 1 aromatic carbocycles. The van der Waals surface area contributed by atoms with Gasteiger partial charge in [-0.15, -0.1) is 0 Å². The summed E-state index contributed by atoms with van der Waals surface area (Å²) in [5.74, 6) is -2.15. The number of carbonyl (C=O) groups is 3. The maximum atomic E-state index is 13.7. The van der Waals surface area contributed by atoms with Gasteiger partial charge in [0.2, 0.25) is 17.7 Å². The predicted molar refractivity (Wildman–Crippen MR) is 126 cm³/mol. The summed E-state index contributed by atoms with van der Waals surface area (Å²) in [4.78, 5) is 42.2. The fourth-order valence-corrected chi connectivity index (χ4v) is 6.49. The third-order valence-electron chi connectivity index (χ3n) is 7.97. The van der Waals surface area contributed by atoms with Gasteiger partial charge in [-0.3, -0.25) is 14.4 Å². The fraction of sp³-hybridized carbons (Fsp3) is 0.654. The van der Waals surface area contributed by atoms with E-state index in [1.165, 1.54) is 4.90 Å². The molecule has 0 aliphatic carbocycles. The van der Waals surface area contributed by atoms with Gasteiger partial charge in [0.25, 0.3) is 0 Å². The Hall–Kier alpha value is -2.45. The Bertz CT molecular complexity index is 924. The van der Waals surface area contributed by atoms with Crippen LogP contribution in [0.5, 0.6) is 0 Å². The second kappa shape index (κ2) is 9.66. The lowest BCUT2D eigenvalue weighted by atomic mass is 9.65. The van der Waals surface area contributed by atoms with Crippen molar-refractivity contribution in [2.45, 2.75) is 82.7 Å². The number of likely N-dealkylation sites (tertiary alicyclic amines) is 1. The molecule has 3 unspecified atom stereocenters. The lowest BCUT2D eigenvalue weighted by Gasteiger charge is -2.34. The standard InChI is InChI=1S/C26H37N3O5/c1-4-9-17(3)28-23(32)21-26-13-12-25(5-2,34-26)19(20(26)24(33)29(21)14-15-30)22(31)27-16-18-10-7-6-8-11-18/h6-8,10-11,17,19-21,30H,4-5,9,12-16H2,1-3H3,(H,27,31)(H,28,32)/t17?,19-,20+,21?,25+,26?/m1/s1. The van der Waals surface area contributed by atoms with Gasteiger partial charge in [-0.25, -0.2) is 0 Å². The highest BCUT2D eigenvalue weighted by Crippen LogP contribution is 2.64. The van der Waals surface area contributed by atoms with Crippen molar-refractivity contribution in [2.75, 3.05) is 13.2 Å². The van der Waals surface area contributed by atoms with Crippen LogP contribution in [0.15, 0.2) is 30.3 Å². The SMILES string of the molecule is CCCC(C)NC(=O)C1N(CCO)C(=O)[C@@H]2[C@H](C(=O)NCc3ccccc3)[C@]3(CC)CCC12O3. The molecule has 8 heteroatoms. The average Bonchev–Trinajstić information content (AvgIpc) is 3.42. The summed E-state index contributed by atoms with van der Waals surface area (Å²) in [6, 6.07) is 8.75. The molecule has 2 bridgehead atoms. The highest BCUT2D eigenvalue weighted by atomic mass is 16.5. The topological polar surface area (TPSA) is 108 Å². The van der Waals surface area contributed by atoms with Gasteiger partial charge < -0.3 is 25.4 Å². The molecular weight excluding hydrogens is 434 g/mol. The normalized spacial score (nSPS) is 32.5. The first-order valence-electron chi connectivity index (χ1n) is 12.6. The van der Waals surface area contributed by atoms with Gasteiger partial charge >= 0.3 is 0 Å². The molecule has 3 fully saturated rings. The van der Waals surface area contributed by atoms with Crippen LogP contribution in [0.1, 0.15) is 58.4 Å². The number of aliphatic hydroxyl groups excluding tert-OH is 1. The highest BCUT2D eigenvalue weighted by Gasteiger charge is 2.78. The second-order valence-corrected chi connectivity index (χ2v) is 9.99. The quantitative estimate of drug-likeness (QED) is 0.482. The summed E-state index contributed by atoms with van der Waals surface area (Å²) < 4.78 is 6.66. The van der Waals surface area contributed by atoms with E-state index in [2.05, 4.69) is 17.6 Å². The summed E-state index contributed by atoms with van der Waals surface area (Å²) in [5.41, 5.74) is -0.838. The molecule has 3 saturated heterocycles. The average molecular weight is 472 g/mol. The molecule has 3 amide bonds. The lowest BCUT2D eigenvalue weighted by Crippen LogP contribution is -2.56. The van der Waals surface area contributed by atoms with Crippen molar-refractivity contribution in [2.24, 2.45) is 11.8 Å². The number of β-amino-alcohol motifs (C(OH)–C–C–N with tert-alkyl or cyclic N) is 1. The minimum atomic E-state index is -1.05. The van der Waals surface area contributed by atoms with Crippen LogP contribution in [0.4, 0.5) is 0 Å². The van der Waals surface area contributed by atoms with Gasteiger partial charge in [0.1, 0.15) is 11.6 Å². The number of fused-ring (bicyclic) bond motifs is 1. The monoisotopic (exact) mass is 471 g/mol. The Labute approximate surface area is 201 Å². The first kappa shape index (κ1) is 24.7. The van der Waals surface area contributed by atoms with Crippen molar-refractivity contribution in [3.8, 4) is 0 Å². The minimum Gasteiger partial charge on any atom is -0.395 e. The molecule has 3 heterocycles. The molecule has 1 spiro atoms. The van der Waals surface area contributed by atoms with Crippen molar-refractivity contribution >= 4 is 17.7 Å². The number of ether oxygens (including phenoxy) is 1. The van der Waals surface area contributed by atoms with E-state index in [4.69, 9.17) is 4.74 Å². The molecule has 0 radical (unpaired) electrons. The molecule has 3 N–H and O–H groups in total. The van der Waals surface area contributed by atoms with Crippen LogP contribution < -0.4 is 10.6 Å². The first-order chi connectivity index (χ1) is 16.3. The Kier molecular flexibility index (Phi) is 7.01. The predicted octanol–water partition coefficient (Wildman–Crippen LogP) is 1.75. The molecule has 0 aromatic heterocycles. The third kappa shape index (κ3) is 3.90. The van der Waals surface area contributed by atoms with Crippen molar-refractivity contribution in [1.29, 1.82) is 0 Å². The molecule has 0 saturated carbocycles. The largest absolute Gasteiger partial charge is 0.395 e. The summed E-state index contributed by atoms with van der Waals surface area (Å²) in [6.45, 7) is 6.13. The van der Waals surface area contributed by atoms with E-state index in [-0.39, 0.29) is 36.9 Å². The van der Waals surface area contributed by atoms with Gasteiger partial charge in [0.05, 0.1) is 24.0 Å². The zero-order valence-corrected chi connectivity index (χ0v) is 20.4. The molecule has 3 aliphatic rings. The summed E-state index contributed by atoms with van der Waals surface area (Å²) in [7, 11) is 0. The van der Waals surface area contributed by atoms with E-state index in [1.807, 2.05) is 44.2 Å². The van der Waals surface area contributed by atoms with Gasteiger partial charge in [-0.05, 0) is 38.2 Å². The highest BCUT2D eigenvalue weighted by molar-refractivity contribution is 5.99. The van der Waals surface area contributed by atoms with Crippen molar-refractivity contribution in [1.82, 2.24) is 15.5 Å². The van der Waals surface area contributed by atoms with E-state index in [0.717, 1.165) is 18.4 Å². The van der Waals surface area contributed by atoms with Gasteiger partial charge in [0.15, 0.2) is 0 Å². The number of nitrogens with one attached hydrogen (secondary N) is 2. The number of amides is 3. The lowest BCUT2D eigenvalue weighted by molar-refractivity contribution is -0.148. The Morgan fingerprint density at radius 3 is 2.59 bits per heavy atom. The van der Waals surface area contributed by atoms with Crippen molar-refractivity contribution < 1.29 is 24.2 Å². The minimum absolute atomic E-state index is 0.0391. The van der Waals surface area contributed by atoms with E-state index >= 15 is 0 Å². The summed E-state index contributed by atoms with van der Waals surface area (Å²) in [6.07, 6.45) is 3.51. The van der Waals surface area contributed by atoms with Crippen LogP contribution in [-0.2, 0) is 25.7 Å². The van der Waals surface area contributed by atoms with Crippen LogP contribution in [0, 0.1) is 11.8 Å². The molecular formula is C26H37N3O5. The number of rotatable bonds is 10. The van der Waals surface area contributed by atoms with E-state index in [9.17, 15) is 19.5 Å². The number of carbonyl (C=O) groups excluding carboxylic acids is 3. The zero-order valence-electron chi connectivity index (χ0n) is 20.4. The molecule has 6 atom stereocenters. The second-order valence-electron chi connectivity index (χ2n) is 9.99. The third-order valence-corrected chi connectivity index (χ3v) is 7.97. The molecule has 3 aliphatic heterocycles. The van der Waals surface area contributed by atoms with Gasteiger partial charge in [0, 0.05) is 19.1 Å². The smallest absolute Gasteiger partial charge is 0.246 e. The van der Waals surface area contributed by atoms with Crippen molar-refractivity contribution in [3.63, 3.8) is 0 Å². The summed E-state index contributed by atoms with van der Waals surface area (Å²) in [5, 5.41) is 15.7. The van der Waals surface area contributed by atoms with Crippen LogP contribution in [-0.4, -0.2) is 64.2 Å². The number of nitrogens with zero attached hydrogens (tertiary/aromatic N) is 1. The van der Waals surface area contributed by atoms with Crippen LogP contribution in [0.3, 0.4) is 0 Å². The Morgan fingerprint density at radius 2 is 1.94 bits per heavy atom. The number of aliphatic hydroxyl groups is 1. The zero-order chi connectivity index (χ0) is 24.5. The maximum absolute atomic E-state index is 13.7. The molecule has 8 nitrogen and oxygen atoms in total. The number of benzene rings is 1. The molecule has 186 valence electrons. The van der Waals surface area contributed by atoms with Gasteiger partial charge in [-0.1, -0.05) is 50.6 Å². The Balaban J connectivity index is 1.64. The molecule has 1 aromatic rings. The van der Waals surface area contributed by atoms with E-state index < -0.39 is 29.1 Å². The summed E-state index contributed by atoms with van der Waals surface area (Å²) >= 11 is 0. The number of hydrogen-bond donors (Lipinski definition) is 3. The van der Waals surface area contributed by atoms with E-state index in [0.29, 0.717) is 25.8 Å². The van der Waals surface area contributed by atoms with Crippen LogP contribution in [0.2, 0.25) is 0 Å². The Morgan fingerprint density at radius 1 is 1.21 bits per heavy atom. The van der Waals surface area contributed by atoms with Crippen LogP contribution >= 0.6 is 0 Å². The first-order valence-corrected chi connectivity index (χ1v) is 12.6. The van der Waals surface area contributed by atoms with Gasteiger partial charge in [-0.2, -0.15) is 0 Å².